The Labute approximate surface area is 157 Å². The number of pyridine rings is 1. The zero-order chi connectivity index (χ0) is 18.6. The van der Waals surface area contributed by atoms with Gasteiger partial charge in [0.1, 0.15) is 5.75 Å². The highest BCUT2D eigenvalue weighted by Crippen LogP contribution is 2.33. The number of hydrogen-bond acceptors (Lipinski definition) is 5. The molecule has 0 fully saturated rings. The highest BCUT2D eigenvalue weighted by Gasteiger charge is 2.11. The van der Waals surface area contributed by atoms with Crippen LogP contribution in [-0.4, -0.2) is 40.3 Å². The van der Waals surface area contributed by atoms with Gasteiger partial charge in [-0.1, -0.05) is 6.07 Å². The molecule has 1 unspecified atom stereocenters. The lowest BCUT2D eigenvalue weighted by Crippen LogP contribution is -2.14. The van der Waals surface area contributed by atoms with Crippen LogP contribution in [0.1, 0.15) is 12.6 Å². The van der Waals surface area contributed by atoms with E-state index >= 15 is 0 Å². The summed E-state index contributed by atoms with van der Waals surface area (Å²) in [4.78, 5) is 11.2. The molecule has 2 aromatic rings. The quantitative estimate of drug-likeness (QED) is 0.542. The van der Waals surface area contributed by atoms with Crippen LogP contribution in [0.3, 0.4) is 0 Å². The van der Waals surface area contributed by atoms with Crippen LogP contribution in [0.25, 0.3) is 0 Å². The first-order valence-corrected chi connectivity index (χ1v) is 10.4. The Balaban J connectivity index is 2.30. The van der Waals surface area contributed by atoms with Gasteiger partial charge in [0.15, 0.2) is 0 Å². The van der Waals surface area contributed by atoms with Crippen LogP contribution in [0.4, 0.5) is 5.69 Å². The summed E-state index contributed by atoms with van der Waals surface area (Å²) in [5.74, 6) is 0.874. The SMILES string of the molecule is CCN(C)C=Nc1cc(Br)c(Oc2cccc(S(C)(=N)=O)c2)nc1C. The van der Waals surface area contributed by atoms with E-state index < -0.39 is 9.73 Å². The van der Waals surface area contributed by atoms with Crippen molar-refractivity contribution in [1.82, 2.24) is 9.88 Å². The van der Waals surface area contributed by atoms with Crippen molar-refractivity contribution in [3.63, 3.8) is 0 Å². The molecule has 1 aromatic heterocycles. The number of aromatic nitrogens is 1. The van der Waals surface area contributed by atoms with Crippen LogP contribution in [0.15, 0.2) is 44.7 Å². The standard InChI is InChI=1S/C17H21BrN4O2S/c1-5-22(3)11-20-16-10-15(18)17(21-12(16)2)24-13-7-6-8-14(9-13)25(4,19)23/h6-11,19H,5H2,1-4H3. The molecule has 25 heavy (non-hydrogen) atoms. The lowest BCUT2D eigenvalue weighted by Gasteiger charge is -2.11. The van der Waals surface area contributed by atoms with Gasteiger partial charge in [0.25, 0.3) is 0 Å². The number of halogens is 1. The third-order valence-corrected chi connectivity index (χ3v) is 5.19. The van der Waals surface area contributed by atoms with Crippen molar-refractivity contribution in [2.24, 2.45) is 4.99 Å². The first kappa shape index (κ1) is 19.4. The highest BCUT2D eigenvalue weighted by molar-refractivity contribution is 9.10. The van der Waals surface area contributed by atoms with Gasteiger partial charge in [-0.15, -0.1) is 0 Å². The number of ether oxygens (including phenoxy) is 1. The van der Waals surface area contributed by atoms with Crippen LogP contribution in [0.2, 0.25) is 0 Å². The molecule has 0 amide bonds. The lowest BCUT2D eigenvalue weighted by molar-refractivity contribution is 0.457. The molecule has 1 atom stereocenters. The van der Waals surface area contributed by atoms with Crippen molar-refractivity contribution >= 4 is 37.7 Å². The van der Waals surface area contributed by atoms with E-state index in [0.29, 0.717) is 21.0 Å². The maximum Gasteiger partial charge on any atom is 0.233 e. The Morgan fingerprint density at radius 3 is 2.80 bits per heavy atom. The number of rotatable bonds is 6. The number of hydrogen-bond donors (Lipinski definition) is 1. The molecule has 0 aliphatic rings. The molecule has 0 saturated carbocycles. The number of benzene rings is 1. The molecule has 0 radical (unpaired) electrons. The van der Waals surface area contributed by atoms with E-state index in [-0.39, 0.29) is 0 Å². The molecule has 0 aliphatic heterocycles. The molecular weight excluding hydrogens is 404 g/mol. The fourth-order valence-electron chi connectivity index (χ4n) is 1.89. The maximum atomic E-state index is 11.9. The number of aliphatic imine (C=N–C) groups is 1. The molecule has 1 aromatic carbocycles. The van der Waals surface area contributed by atoms with Crippen LogP contribution < -0.4 is 4.74 Å². The second-order valence-corrected chi connectivity index (χ2v) is 8.63. The topological polar surface area (TPSA) is 78.6 Å². The summed E-state index contributed by atoms with van der Waals surface area (Å²) in [6.45, 7) is 4.77. The molecule has 1 N–H and O–H groups in total. The number of nitrogens with zero attached hydrogens (tertiary/aromatic N) is 3. The Morgan fingerprint density at radius 2 is 2.16 bits per heavy atom. The Bertz CT molecular complexity index is 898. The summed E-state index contributed by atoms with van der Waals surface area (Å²) in [7, 11) is -0.848. The highest BCUT2D eigenvalue weighted by atomic mass is 79.9. The smallest absolute Gasteiger partial charge is 0.233 e. The van der Waals surface area contributed by atoms with Crippen LogP contribution in [0, 0.1) is 11.7 Å². The molecule has 1 heterocycles. The first-order valence-electron chi connectivity index (χ1n) is 7.64. The molecular formula is C17H21BrN4O2S. The summed E-state index contributed by atoms with van der Waals surface area (Å²) in [6.07, 6.45) is 3.14. The van der Waals surface area contributed by atoms with Gasteiger partial charge in [0.2, 0.25) is 5.88 Å². The van der Waals surface area contributed by atoms with Crippen LogP contribution in [0.5, 0.6) is 11.6 Å². The monoisotopic (exact) mass is 424 g/mol. The Hall–Kier alpha value is -1.93. The molecule has 0 saturated heterocycles. The minimum atomic E-state index is -2.80. The van der Waals surface area contributed by atoms with E-state index in [9.17, 15) is 4.21 Å². The first-order chi connectivity index (χ1) is 11.7. The predicted molar refractivity (Wildman–Crippen MR) is 105 cm³/mol. The summed E-state index contributed by atoms with van der Waals surface area (Å²) >= 11 is 3.45. The normalized spacial score (nSPS) is 13.6. The van der Waals surface area contributed by atoms with E-state index in [1.165, 1.54) is 6.26 Å². The molecule has 0 aliphatic carbocycles. The average Bonchev–Trinajstić information content (AvgIpc) is 2.55. The van der Waals surface area contributed by atoms with E-state index in [4.69, 9.17) is 9.52 Å². The van der Waals surface area contributed by atoms with Gasteiger partial charge in [-0.25, -0.2) is 19.0 Å². The van der Waals surface area contributed by atoms with Gasteiger partial charge in [-0.2, -0.15) is 0 Å². The zero-order valence-electron chi connectivity index (χ0n) is 14.6. The van der Waals surface area contributed by atoms with E-state index in [0.717, 1.165) is 17.9 Å². The Kier molecular flexibility index (Phi) is 6.18. The largest absolute Gasteiger partial charge is 0.438 e. The number of nitrogens with one attached hydrogen (secondary N) is 1. The van der Waals surface area contributed by atoms with Crippen molar-refractivity contribution in [3.8, 4) is 11.6 Å². The summed E-state index contributed by atoms with van der Waals surface area (Å²) in [5, 5.41) is 0. The van der Waals surface area contributed by atoms with Crippen molar-refractivity contribution in [2.75, 3.05) is 19.8 Å². The van der Waals surface area contributed by atoms with E-state index in [1.54, 1.807) is 30.6 Å². The fourth-order valence-corrected chi connectivity index (χ4v) is 2.95. The van der Waals surface area contributed by atoms with Gasteiger partial charge < -0.3 is 9.64 Å². The van der Waals surface area contributed by atoms with Gasteiger partial charge in [0, 0.05) is 19.8 Å². The molecule has 2 rings (SSSR count). The third kappa shape index (κ3) is 5.27. The van der Waals surface area contributed by atoms with Crippen LogP contribution >= 0.6 is 15.9 Å². The number of aryl methyl sites for hydroxylation is 1. The average molecular weight is 425 g/mol. The fraction of sp³-hybridized carbons (Fsp3) is 0.294. The lowest BCUT2D eigenvalue weighted by atomic mass is 10.3. The van der Waals surface area contributed by atoms with Crippen molar-refractivity contribution in [3.05, 3.63) is 40.5 Å². The molecule has 8 heteroatoms. The predicted octanol–water partition coefficient (Wildman–Crippen LogP) is 4.59. The van der Waals surface area contributed by atoms with E-state index in [2.05, 4.69) is 25.9 Å². The van der Waals surface area contributed by atoms with Gasteiger partial charge in [0.05, 0.1) is 36.8 Å². The Morgan fingerprint density at radius 1 is 1.44 bits per heavy atom. The van der Waals surface area contributed by atoms with E-state index in [1.807, 2.05) is 31.9 Å². The minimum absolute atomic E-state index is 0.394. The van der Waals surface area contributed by atoms with Crippen LogP contribution in [-0.2, 0) is 9.73 Å². The zero-order valence-corrected chi connectivity index (χ0v) is 17.0. The van der Waals surface area contributed by atoms with Crippen molar-refractivity contribution < 1.29 is 8.95 Å². The second kappa shape index (κ2) is 7.97. The van der Waals surface area contributed by atoms with Gasteiger partial charge in [-0.3, -0.25) is 0 Å². The maximum absolute atomic E-state index is 11.9. The molecule has 6 nitrogen and oxygen atoms in total. The van der Waals surface area contributed by atoms with Gasteiger partial charge >= 0.3 is 0 Å². The minimum Gasteiger partial charge on any atom is -0.438 e. The molecule has 0 spiro atoms. The molecule has 0 bridgehead atoms. The summed E-state index contributed by atoms with van der Waals surface area (Å²) in [6, 6.07) is 8.54. The van der Waals surface area contributed by atoms with Crippen molar-refractivity contribution in [1.29, 1.82) is 4.78 Å². The summed E-state index contributed by atoms with van der Waals surface area (Å²) in [5.41, 5.74) is 1.48. The van der Waals surface area contributed by atoms with Crippen molar-refractivity contribution in [2.45, 2.75) is 18.7 Å². The molecule has 134 valence electrons. The summed E-state index contributed by atoms with van der Waals surface area (Å²) < 4.78 is 26.0. The second-order valence-electron chi connectivity index (χ2n) is 5.62. The third-order valence-electron chi connectivity index (χ3n) is 3.47. The van der Waals surface area contributed by atoms with Gasteiger partial charge in [-0.05, 0) is 54.0 Å².